The van der Waals surface area contributed by atoms with Crippen molar-refractivity contribution in [2.75, 3.05) is 30.5 Å². The van der Waals surface area contributed by atoms with Crippen molar-refractivity contribution in [3.05, 3.63) is 48.0 Å². The van der Waals surface area contributed by atoms with Crippen molar-refractivity contribution in [1.29, 1.82) is 0 Å². The maximum Gasteiger partial charge on any atom is 0.146 e. The van der Waals surface area contributed by atoms with Gasteiger partial charge >= 0.3 is 0 Å². The van der Waals surface area contributed by atoms with E-state index in [9.17, 15) is 4.39 Å². The number of thiol groups is 1. The van der Waals surface area contributed by atoms with Crippen molar-refractivity contribution in [3.63, 3.8) is 0 Å². The number of nitrogens with one attached hydrogen (secondary N) is 1. The topological polar surface area (TPSA) is 82.3 Å². The second-order valence-electron chi connectivity index (χ2n) is 6.32. The molecule has 1 aliphatic heterocycles. The van der Waals surface area contributed by atoms with Gasteiger partial charge in [-0.05, 0) is 43.0 Å². The second kappa shape index (κ2) is 9.07. The maximum absolute atomic E-state index is 13.7. The highest BCUT2D eigenvalue weighted by Gasteiger charge is 2.20. The highest BCUT2D eigenvalue weighted by atomic mass is 32.1. The van der Waals surface area contributed by atoms with E-state index in [0.29, 0.717) is 36.2 Å². The average Bonchev–Trinajstić information content (AvgIpc) is 3.18. The molecular formula is C20H23FN4O2S. The van der Waals surface area contributed by atoms with Crippen LogP contribution in [0, 0.1) is 12.7 Å². The molecule has 0 amide bonds. The van der Waals surface area contributed by atoms with Crippen molar-refractivity contribution in [2.24, 2.45) is 0 Å². The zero-order chi connectivity index (χ0) is 20.1. The molecule has 8 heteroatoms. The lowest BCUT2D eigenvalue weighted by Gasteiger charge is -2.17. The van der Waals surface area contributed by atoms with Crippen LogP contribution >= 0.6 is 12.6 Å². The number of fused-ring (bicyclic) bond motifs is 1. The van der Waals surface area contributed by atoms with E-state index < -0.39 is 0 Å². The van der Waals surface area contributed by atoms with Gasteiger partial charge in [-0.2, -0.15) is 12.6 Å². The summed E-state index contributed by atoms with van der Waals surface area (Å²) in [5.41, 5.74) is 8.88. The van der Waals surface area contributed by atoms with Crippen LogP contribution in [0.1, 0.15) is 12.0 Å². The zero-order valence-electron chi connectivity index (χ0n) is 15.8. The third-order valence-electron chi connectivity index (χ3n) is 4.34. The number of anilines is 3. The molecule has 2 heterocycles. The number of aromatic nitrogens is 2. The van der Waals surface area contributed by atoms with E-state index in [0.717, 1.165) is 22.9 Å². The van der Waals surface area contributed by atoms with E-state index in [1.54, 1.807) is 18.4 Å². The highest BCUT2D eigenvalue weighted by Crippen LogP contribution is 2.33. The summed E-state index contributed by atoms with van der Waals surface area (Å²) in [7, 11) is 0. The predicted octanol–water partition coefficient (Wildman–Crippen LogP) is 4.12. The Morgan fingerprint density at radius 2 is 2.07 bits per heavy atom. The largest absolute Gasteiger partial charge is 0.486 e. The second-order valence-corrected chi connectivity index (χ2v) is 6.32. The summed E-state index contributed by atoms with van der Waals surface area (Å²) in [6.45, 7) is 3.11. The number of aryl methyl sites for hydroxylation is 1. The van der Waals surface area contributed by atoms with Crippen LogP contribution in [-0.4, -0.2) is 35.5 Å². The summed E-state index contributed by atoms with van der Waals surface area (Å²) < 4.78 is 25.0. The molecule has 1 fully saturated rings. The van der Waals surface area contributed by atoms with Gasteiger partial charge in [0.05, 0.1) is 24.4 Å². The molecule has 0 aliphatic carbocycles. The summed E-state index contributed by atoms with van der Waals surface area (Å²) >= 11 is 3.53. The van der Waals surface area contributed by atoms with Crippen LogP contribution in [0.25, 0.3) is 10.9 Å². The van der Waals surface area contributed by atoms with Crippen LogP contribution < -0.4 is 15.8 Å². The molecular weight excluding hydrogens is 379 g/mol. The van der Waals surface area contributed by atoms with Gasteiger partial charge in [0.25, 0.3) is 0 Å². The van der Waals surface area contributed by atoms with Crippen LogP contribution in [0.3, 0.4) is 0 Å². The Balaban J connectivity index is 0.00000109. The summed E-state index contributed by atoms with van der Waals surface area (Å²) in [6, 6.07) is 8.06. The van der Waals surface area contributed by atoms with E-state index >= 15 is 0 Å². The van der Waals surface area contributed by atoms with Gasteiger partial charge in [-0.25, -0.2) is 14.4 Å². The molecule has 1 saturated heterocycles. The number of benzene rings is 2. The zero-order valence-corrected chi connectivity index (χ0v) is 16.7. The Morgan fingerprint density at radius 1 is 1.25 bits per heavy atom. The molecule has 1 aromatic heterocycles. The highest BCUT2D eigenvalue weighted by molar-refractivity contribution is 7.79. The standard InChI is InChI=1S/C19H19FN4O2.CH4S/c1-11-6-13(21)8-16-18(11)19(23-10-22-16)24-15-3-2-12(20)7-17(15)26-14-4-5-25-9-14;1-2/h2-3,6-8,10,14H,4-5,9,21H2,1H3,(H,22,23,24);2H,1H3. The normalized spacial score (nSPS) is 15.8. The Bertz CT molecular complexity index is 964. The lowest BCUT2D eigenvalue weighted by atomic mass is 10.1. The SMILES string of the molecule is CS.Cc1cc(N)cc2ncnc(Nc3ccc(F)cc3OC3CCOC3)c12. The number of hydrogen-bond acceptors (Lipinski definition) is 7. The average molecular weight is 402 g/mol. The maximum atomic E-state index is 13.7. The minimum Gasteiger partial charge on any atom is -0.486 e. The lowest BCUT2D eigenvalue weighted by Crippen LogP contribution is -2.16. The van der Waals surface area contributed by atoms with Crippen molar-refractivity contribution >= 4 is 40.7 Å². The molecule has 3 N–H and O–H groups in total. The number of hydrogen-bond donors (Lipinski definition) is 3. The van der Waals surface area contributed by atoms with E-state index in [1.165, 1.54) is 18.5 Å². The molecule has 6 nitrogen and oxygen atoms in total. The van der Waals surface area contributed by atoms with Gasteiger partial charge in [-0.3, -0.25) is 0 Å². The fraction of sp³-hybridized carbons (Fsp3) is 0.300. The fourth-order valence-electron chi connectivity index (χ4n) is 3.12. The molecule has 2 aromatic carbocycles. The first-order valence-electron chi connectivity index (χ1n) is 8.86. The number of nitrogens with two attached hydrogens (primary N) is 1. The third kappa shape index (κ3) is 4.45. The van der Waals surface area contributed by atoms with E-state index in [-0.39, 0.29) is 11.9 Å². The molecule has 0 bridgehead atoms. The van der Waals surface area contributed by atoms with Gasteiger partial charge in [-0.1, -0.05) is 0 Å². The van der Waals surface area contributed by atoms with Crippen molar-refractivity contribution in [2.45, 2.75) is 19.4 Å². The van der Waals surface area contributed by atoms with Gasteiger partial charge in [0.15, 0.2) is 0 Å². The molecule has 3 aromatic rings. The van der Waals surface area contributed by atoms with E-state index in [1.807, 2.05) is 13.0 Å². The Kier molecular flexibility index (Phi) is 6.53. The van der Waals surface area contributed by atoms with E-state index in [2.05, 4.69) is 27.9 Å². The summed E-state index contributed by atoms with van der Waals surface area (Å²) in [4.78, 5) is 8.64. The number of ether oxygens (including phenoxy) is 2. The fourth-order valence-corrected chi connectivity index (χ4v) is 3.12. The van der Waals surface area contributed by atoms with Crippen LogP contribution in [0.15, 0.2) is 36.7 Å². The molecule has 28 heavy (non-hydrogen) atoms. The molecule has 0 radical (unpaired) electrons. The first kappa shape index (κ1) is 20.2. The molecule has 1 unspecified atom stereocenters. The molecule has 148 valence electrons. The van der Waals surface area contributed by atoms with Crippen LogP contribution in [-0.2, 0) is 4.74 Å². The predicted molar refractivity (Wildman–Crippen MR) is 113 cm³/mol. The molecule has 4 rings (SSSR count). The lowest BCUT2D eigenvalue weighted by molar-refractivity contribution is 0.141. The minimum atomic E-state index is -0.360. The van der Waals surface area contributed by atoms with Crippen molar-refractivity contribution in [3.8, 4) is 5.75 Å². The van der Waals surface area contributed by atoms with Crippen LogP contribution in [0.2, 0.25) is 0 Å². The molecule has 0 spiro atoms. The molecule has 1 aliphatic rings. The summed E-state index contributed by atoms with van der Waals surface area (Å²) in [5, 5.41) is 4.11. The smallest absolute Gasteiger partial charge is 0.146 e. The van der Waals surface area contributed by atoms with Gasteiger partial charge in [0, 0.05) is 23.6 Å². The van der Waals surface area contributed by atoms with Gasteiger partial charge < -0.3 is 20.5 Å². The summed E-state index contributed by atoms with van der Waals surface area (Å²) in [5.74, 6) is 0.688. The van der Waals surface area contributed by atoms with Crippen LogP contribution in [0.4, 0.5) is 21.6 Å². The van der Waals surface area contributed by atoms with Gasteiger partial charge in [-0.15, -0.1) is 0 Å². The van der Waals surface area contributed by atoms with Gasteiger partial charge in [0.2, 0.25) is 0 Å². The van der Waals surface area contributed by atoms with Crippen molar-refractivity contribution in [1.82, 2.24) is 9.97 Å². The van der Waals surface area contributed by atoms with Gasteiger partial charge in [0.1, 0.15) is 29.8 Å². The Hall–Kier alpha value is -2.58. The summed E-state index contributed by atoms with van der Waals surface area (Å²) in [6.07, 6.45) is 3.87. The number of rotatable bonds is 4. The molecule has 0 saturated carbocycles. The van der Waals surface area contributed by atoms with Crippen molar-refractivity contribution < 1.29 is 13.9 Å². The first-order chi connectivity index (χ1) is 13.6. The third-order valence-corrected chi connectivity index (χ3v) is 4.34. The van der Waals surface area contributed by atoms with E-state index in [4.69, 9.17) is 15.2 Å². The monoisotopic (exact) mass is 402 g/mol. The quantitative estimate of drug-likeness (QED) is 0.450. The van der Waals surface area contributed by atoms with Crippen LogP contribution in [0.5, 0.6) is 5.75 Å². The Labute approximate surface area is 168 Å². The Morgan fingerprint density at radius 3 is 2.82 bits per heavy atom. The first-order valence-corrected chi connectivity index (χ1v) is 9.76. The molecule has 1 atom stereocenters. The minimum absolute atomic E-state index is 0.0824. The number of halogens is 1. The number of nitrogens with zero attached hydrogens (tertiary/aromatic N) is 2. The number of nitrogen functional groups attached to an aromatic ring is 1.